The molecule has 0 N–H and O–H groups in total. The van der Waals surface area contributed by atoms with Gasteiger partial charge in [0, 0.05) is 27.7 Å². The molecular weight excluding hydrogens is 813 g/mol. The Labute approximate surface area is 391 Å². The van der Waals surface area contributed by atoms with Crippen molar-refractivity contribution in [2.45, 2.75) is 157 Å². The van der Waals surface area contributed by atoms with Crippen LogP contribution in [0.4, 0.5) is 0 Å². The van der Waals surface area contributed by atoms with Crippen LogP contribution in [0.2, 0.25) is 0 Å². The fourth-order valence-corrected chi connectivity index (χ4v) is 10.8. The van der Waals surface area contributed by atoms with Crippen molar-refractivity contribution in [1.82, 2.24) is 0 Å². The number of rotatable bonds is 10. The lowest BCUT2D eigenvalue weighted by atomic mass is 9.70. The van der Waals surface area contributed by atoms with Gasteiger partial charge in [-0.2, -0.15) is 0 Å². The molecule has 8 rings (SSSR count). The molecule has 6 aliphatic carbocycles. The first-order valence-electron chi connectivity index (χ1n) is 23.9. The molecule has 8 heteroatoms. The average molecular weight is 891 g/mol. The van der Waals surface area contributed by atoms with E-state index in [-0.39, 0.29) is 47.6 Å². The maximum atomic E-state index is 11.6. The number of carbonyl (C=O) groups is 4. The highest BCUT2D eigenvalue weighted by atomic mass is 16.6. The number of benzene rings is 2. The van der Waals surface area contributed by atoms with Gasteiger partial charge in [-0.25, -0.2) is 19.2 Å². The average Bonchev–Trinajstić information content (AvgIpc) is 4.10. The standard InChI is InChI=1S/C14H20O2.C14H22O2.C11H12O2.C10H16O2.C8H8/c1-8(2)14(15)16-13-7-9-6-12(13)11-5-3-4-10(9)11;1-9(2)12(15)16-11-8-10-6-7-14(11,5)13(10,3)4;1-9(2)11(12)13-8-10-6-4-3-5-7-10;1-8(2)10(11)12-9-6-4-3-5-7-9;1-2-8-6-4-3-5-7-8/h9-13H,1,3-7H2,2H3;10-11H,1,6-8H2,2-5H3;3-7H,1,8H2,2H3;9H,1,3-7H2,2H3;2-7H,1H2. The van der Waals surface area contributed by atoms with E-state index in [0.717, 1.165) is 49.0 Å². The van der Waals surface area contributed by atoms with Crippen molar-refractivity contribution in [3.05, 3.63) is 127 Å². The minimum Gasteiger partial charge on any atom is -0.459 e. The van der Waals surface area contributed by atoms with Crippen molar-refractivity contribution in [3.8, 4) is 0 Å². The topological polar surface area (TPSA) is 105 Å². The summed E-state index contributed by atoms with van der Waals surface area (Å²) in [4.78, 5) is 45.2. The van der Waals surface area contributed by atoms with Crippen LogP contribution in [0.5, 0.6) is 0 Å². The molecular formula is C57H78O8. The lowest BCUT2D eigenvalue weighted by Gasteiger charge is -2.38. The fourth-order valence-electron chi connectivity index (χ4n) is 10.8. The van der Waals surface area contributed by atoms with Crippen molar-refractivity contribution >= 4 is 30.0 Å². The van der Waals surface area contributed by atoms with Crippen LogP contribution in [0.1, 0.15) is 143 Å². The third-order valence-electron chi connectivity index (χ3n) is 15.1. The largest absolute Gasteiger partial charge is 0.459 e. The number of hydrogen-bond acceptors (Lipinski definition) is 8. The summed E-state index contributed by atoms with van der Waals surface area (Å²) in [5.41, 5.74) is 4.58. The summed E-state index contributed by atoms with van der Waals surface area (Å²) in [7, 11) is 0. The first kappa shape index (κ1) is 52.6. The predicted octanol–water partition coefficient (Wildman–Crippen LogP) is 13.3. The maximum absolute atomic E-state index is 11.6. The van der Waals surface area contributed by atoms with E-state index in [1.165, 1.54) is 63.4 Å². The number of fused-ring (bicyclic) bond motifs is 7. The number of hydrogen-bond donors (Lipinski definition) is 0. The molecule has 0 spiro atoms. The van der Waals surface area contributed by atoms with E-state index < -0.39 is 0 Å². The summed E-state index contributed by atoms with van der Waals surface area (Å²) < 4.78 is 21.3. The predicted molar refractivity (Wildman–Crippen MR) is 261 cm³/mol. The Morgan fingerprint density at radius 3 is 1.65 bits per heavy atom. The molecule has 2 aromatic rings. The van der Waals surface area contributed by atoms with Crippen LogP contribution in [-0.4, -0.2) is 42.2 Å². The molecule has 6 saturated carbocycles. The van der Waals surface area contributed by atoms with Crippen molar-refractivity contribution < 1.29 is 38.1 Å². The zero-order valence-electron chi connectivity index (χ0n) is 40.7. The smallest absolute Gasteiger partial charge is 0.333 e. The van der Waals surface area contributed by atoms with Crippen LogP contribution in [0.15, 0.2) is 116 Å². The molecule has 8 nitrogen and oxygen atoms in total. The molecule has 8 atom stereocenters. The van der Waals surface area contributed by atoms with Gasteiger partial charge in [0.15, 0.2) is 0 Å². The summed E-state index contributed by atoms with van der Waals surface area (Å²) in [5.74, 6) is 3.06. The van der Waals surface area contributed by atoms with Gasteiger partial charge in [0.1, 0.15) is 24.9 Å². The zero-order chi connectivity index (χ0) is 47.9. The fraction of sp³-hybridized carbons (Fsp3) is 0.544. The Kier molecular flexibility index (Phi) is 19.9. The molecule has 0 heterocycles. The van der Waals surface area contributed by atoms with Gasteiger partial charge in [-0.3, -0.25) is 0 Å². The summed E-state index contributed by atoms with van der Waals surface area (Å²) >= 11 is 0. The summed E-state index contributed by atoms with van der Waals surface area (Å²) in [6.45, 7) is 31.9. The molecule has 354 valence electrons. The van der Waals surface area contributed by atoms with Crippen LogP contribution < -0.4 is 0 Å². The van der Waals surface area contributed by atoms with Gasteiger partial charge in [-0.15, -0.1) is 0 Å². The Hall–Kier alpha value is -4.98. The first-order valence-corrected chi connectivity index (χ1v) is 23.9. The Bertz CT molecular complexity index is 1970. The minimum atomic E-state index is -0.344. The second-order valence-corrected chi connectivity index (χ2v) is 20.1. The second-order valence-electron chi connectivity index (χ2n) is 20.1. The summed E-state index contributed by atoms with van der Waals surface area (Å²) in [6.07, 6.45) is 18.1. The van der Waals surface area contributed by atoms with Crippen LogP contribution >= 0.6 is 0 Å². The van der Waals surface area contributed by atoms with Crippen molar-refractivity contribution in [2.75, 3.05) is 0 Å². The normalized spacial score (nSPS) is 27.1. The molecule has 65 heavy (non-hydrogen) atoms. The highest BCUT2D eigenvalue weighted by Crippen LogP contribution is 2.66. The molecule has 4 bridgehead atoms. The van der Waals surface area contributed by atoms with Gasteiger partial charge in [0.05, 0.1) is 0 Å². The second kappa shape index (κ2) is 24.5. The Morgan fingerprint density at radius 1 is 0.600 bits per heavy atom. The Balaban J connectivity index is 0.000000181. The van der Waals surface area contributed by atoms with E-state index in [4.69, 9.17) is 18.9 Å². The van der Waals surface area contributed by atoms with Crippen molar-refractivity contribution in [2.24, 2.45) is 40.4 Å². The molecule has 0 saturated heterocycles. The van der Waals surface area contributed by atoms with Gasteiger partial charge in [-0.05, 0) is 144 Å². The van der Waals surface area contributed by atoms with E-state index in [1.807, 2.05) is 66.7 Å². The molecule has 0 aromatic heterocycles. The Morgan fingerprint density at radius 2 is 1.14 bits per heavy atom. The zero-order valence-corrected chi connectivity index (χ0v) is 40.7. The van der Waals surface area contributed by atoms with Gasteiger partial charge < -0.3 is 18.9 Å². The molecule has 0 amide bonds. The van der Waals surface area contributed by atoms with Crippen LogP contribution in [0, 0.1) is 40.4 Å². The van der Waals surface area contributed by atoms with E-state index in [9.17, 15) is 19.2 Å². The molecule has 6 fully saturated rings. The van der Waals surface area contributed by atoms with E-state index >= 15 is 0 Å². The van der Waals surface area contributed by atoms with Gasteiger partial charge in [-0.1, -0.05) is 133 Å². The minimum absolute atomic E-state index is 0.0884. The molecule has 0 radical (unpaired) electrons. The quantitative estimate of drug-likeness (QED) is 0.132. The summed E-state index contributed by atoms with van der Waals surface area (Å²) in [6, 6.07) is 19.6. The van der Waals surface area contributed by atoms with E-state index in [0.29, 0.717) is 46.2 Å². The monoisotopic (exact) mass is 891 g/mol. The van der Waals surface area contributed by atoms with Crippen LogP contribution in [0.3, 0.4) is 0 Å². The van der Waals surface area contributed by atoms with Crippen LogP contribution in [0.25, 0.3) is 6.08 Å². The third kappa shape index (κ3) is 14.5. The number of esters is 4. The molecule has 2 aromatic carbocycles. The van der Waals surface area contributed by atoms with E-state index in [2.05, 4.69) is 53.7 Å². The van der Waals surface area contributed by atoms with Crippen molar-refractivity contribution in [1.29, 1.82) is 0 Å². The lowest BCUT2D eigenvalue weighted by molar-refractivity contribution is -0.152. The molecule has 6 aliphatic rings. The van der Waals surface area contributed by atoms with Crippen LogP contribution in [-0.2, 0) is 44.7 Å². The SMILES string of the molecule is C=C(C)C(=O)OC1CC2CC1C1CCCC21.C=C(C)C(=O)OC1CC2CCC1(C)C2(C)C.C=C(C)C(=O)OC1CCCCC1.C=C(C)C(=O)OCc1ccccc1.C=Cc1ccccc1. The molecule has 0 aliphatic heterocycles. The van der Waals surface area contributed by atoms with Gasteiger partial charge >= 0.3 is 23.9 Å². The van der Waals surface area contributed by atoms with Gasteiger partial charge in [0.25, 0.3) is 0 Å². The van der Waals surface area contributed by atoms with Gasteiger partial charge in [0.2, 0.25) is 0 Å². The summed E-state index contributed by atoms with van der Waals surface area (Å²) in [5, 5.41) is 0. The molecule has 8 unspecified atom stereocenters. The maximum Gasteiger partial charge on any atom is 0.333 e. The highest BCUT2D eigenvalue weighted by Gasteiger charge is 2.63. The third-order valence-corrected chi connectivity index (χ3v) is 15.1. The van der Waals surface area contributed by atoms with E-state index in [1.54, 1.807) is 27.7 Å². The van der Waals surface area contributed by atoms with Crippen molar-refractivity contribution in [3.63, 3.8) is 0 Å². The first-order chi connectivity index (χ1) is 30.8. The lowest BCUT2D eigenvalue weighted by Crippen LogP contribution is -2.38. The number of carbonyl (C=O) groups excluding carboxylic acids is 4. The number of ether oxygens (including phenoxy) is 4. The highest BCUT2D eigenvalue weighted by molar-refractivity contribution is 5.88.